The number of thiophene rings is 1. The fourth-order valence-electron chi connectivity index (χ4n) is 3.22. The summed E-state index contributed by atoms with van der Waals surface area (Å²) in [4.78, 5) is 0. The maximum absolute atomic E-state index is 3.81. The van der Waals surface area contributed by atoms with E-state index in [0.717, 1.165) is 12.5 Å². The second kappa shape index (κ2) is 6.90. The molecule has 1 aliphatic rings. The Morgan fingerprint density at radius 3 is 2.68 bits per heavy atom. The highest BCUT2D eigenvalue weighted by atomic mass is 32.1. The first-order chi connectivity index (χ1) is 9.11. The van der Waals surface area contributed by atoms with Gasteiger partial charge in [0.15, 0.2) is 0 Å². The van der Waals surface area contributed by atoms with Gasteiger partial charge >= 0.3 is 0 Å². The largest absolute Gasteiger partial charge is 0.313 e. The molecule has 2 rings (SSSR count). The zero-order valence-corrected chi connectivity index (χ0v) is 13.6. The topological polar surface area (TPSA) is 12.0 Å². The molecule has 1 heterocycles. The molecule has 1 fully saturated rings. The molecule has 0 saturated heterocycles. The lowest BCUT2D eigenvalue weighted by molar-refractivity contribution is 0.160. The van der Waals surface area contributed by atoms with E-state index in [2.05, 4.69) is 42.9 Å². The Morgan fingerprint density at radius 1 is 1.37 bits per heavy atom. The fraction of sp³-hybridized carbons (Fsp3) is 0.765. The molecule has 1 nitrogen and oxygen atoms in total. The van der Waals surface area contributed by atoms with Crippen LogP contribution in [0.5, 0.6) is 0 Å². The standard InChI is InChI=1S/C17H29NS/c1-4-10-18-16(12-14-7-11-19-13-14)15-5-8-17(2,3)9-6-15/h7,11,13,15-16,18H,4-6,8-10,12H2,1-3H3. The lowest BCUT2D eigenvalue weighted by Crippen LogP contribution is -2.41. The average Bonchev–Trinajstić information content (AvgIpc) is 2.87. The van der Waals surface area contributed by atoms with Crippen molar-refractivity contribution in [3.8, 4) is 0 Å². The smallest absolute Gasteiger partial charge is 0.0136 e. The zero-order chi connectivity index (χ0) is 13.7. The Bertz CT molecular complexity index is 345. The van der Waals surface area contributed by atoms with Crippen molar-refractivity contribution in [2.75, 3.05) is 6.54 Å². The van der Waals surface area contributed by atoms with Gasteiger partial charge in [0, 0.05) is 6.04 Å². The Labute approximate surface area is 122 Å². The maximum Gasteiger partial charge on any atom is 0.0136 e. The van der Waals surface area contributed by atoms with Gasteiger partial charge in [0.25, 0.3) is 0 Å². The van der Waals surface area contributed by atoms with Gasteiger partial charge in [-0.1, -0.05) is 20.8 Å². The van der Waals surface area contributed by atoms with Gasteiger partial charge < -0.3 is 5.32 Å². The minimum atomic E-state index is 0.578. The summed E-state index contributed by atoms with van der Waals surface area (Å²) < 4.78 is 0. The van der Waals surface area contributed by atoms with Crippen molar-refractivity contribution in [2.24, 2.45) is 11.3 Å². The summed E-state index contributed by atoms with van der Waals surface area (Å²) >= 11 is 1.82. The Morgan fingerprint density at radius 2 is 2.11 bits per heavy atom. The van der Waals surface area contributed by atoms with E-state index in [1.54, 1.807) is 0 Å². The SMILES string of the molecule is CCCNC(Cc1ccsc1)C1CCC(C)(C)CC1. The van der Waals surface area contributed by atoms with Crippen molar-refractivity contribution in [3.05, 3.63) is 22.4 Å². The zero-order valence-electron chi connectivity index (χ0n) is 12.7. The van der Waals surface area contributed by atoms with Crippen molar-refractivity contribution >= 4 is 11.3 Å². The van der Waals surface area contributed by atoms with Crippen molar-refractivity contribution in [2.45, 2.75) is 65.3 Å². The summed E-state index contributed by atoms with van der Waals surface area (Å²) in [5.41, 5.74) is 2.09. The summed E-state index contributed by atoms with van der Waals surface area (Å²) in [6.07, 6.45) is 8.04. The average molecular weight is 279 g/mol. The van der Waals surface area contributed by atoms with E-state index in [9.17, 15) is 0 Å². The van der Waals surface area contributed by atoms with Gasteiger partial charge in [-0.3, -0.25) is 0 Å². The van der Waals surface area contributed by atoms with Crippen LogP contribution in [0.15, 0.2) is 16.8 Å². The molecule has 1 atom stereocenters. The molecular formula is C17H29NS. The third-order valence-corrected chi connectivity index (χ3v) is 5.38. The molecule has 1 aromatic rings. The number of rotatable bonds is 6. The summed E-state index contributed by atoms with van der Waals surface area (Å²) in [5.74, 6) is 0.875. The quantitative estimate of drug-likeness (QED) is 0.783. The van der Waals surface area contributed by atoms with Crippen LogP contribution in [0.25, 0.3) is 0 Å². The Hall–Kier alpha value is -0.340. The number of hydrogen-bond donors (Lipinski definition) is 1. The highest BCUT2D eigenvalue weighted by Crippen LogP contribution is 2.39. The van der Waals surface area contributed by atoms with E-state index < -0.39 is 0 Å². The van der Waals surface area contributed by atoms with Crippen molar-refractivity contribution < 1.29 is 0 Å². The second-order valence-corrected chi connectivity index (χ2v) is 7.68. The predicted molar refractivity (Wildman–Crippen MR) is 85.8 cm³/mol. The van der Waals surface area contributed by atoms with Crippen LogP contribution in [0.1, 0.15) is 58.4 Å². The monoisotopic (exact) mass is 279 g/mol. The van der Waals surface area contributed by atoms with Crippen molar-refractivity contribution in [1.82, 2.24) is 5.32 Å². The van der Waals surface area contributed by atoms with E-state index in [1.165, 1.54) is 44.1 Å². The summed E-state index contributed by atoms with van der Waals surface area (Å²) in [6.45, 7) is 8.28. The molecule has 1 unspecified atom stereocenters. The molecular weight excluding hydrogens is 250 g/mol. The first-order valence-electron chi connectivity index (χ1n) is 7.85. The maximum atomic E-state index is 3.81. The first-order valence-corrected chi connectivity index (χ1v) is 8.79. The summed E-state index contributed by atoms with van der Waals surface area (Å²) in [6, 6.07) is 2.98. The highest BCUT2D eigenvalue weighted by Gasteiger charge is 2.31. The second-order valence-electron chi connectivity index (χ2n) is 6.90. The predicted octanol–water partition coefficient (Wildman–Crippen LogP) is 4.88. The van der Waals surface area contributed by atoms with Gasteiger partial charge in [0.2, 0.25) is 0 Å². The third-order valence-electron chi connectivity index (χ3n) is 4.65. The fourth-order valence-corrected chi connectivity index (χ4v) is 3.90. The molecule has 0 radical (unpaired) electrons. The molecule has 1 aliphatic carbocycles. The molecule has 0 amide bonds. The number of nitrogens with one attached hydrogen (secondary N) is 1. The van der Waals surface area contributed by atoms with Gasteiger partial charge in [-0.2, -0.15) is 11.3 Å². The van der Waals surface area contributed by atoms with Gasteiger partial charge in [-0.25, -0.2) is 0 Å². The first kappa shape index (κ1) is 15.1. The highest BCUT2D eigenvalue weighted by molar-refractivity contribution is 7.07. The van der Waals surface area contributed by atoms with Crippen LogP contribution < -0.4 is 5.32 Å². The molecule has 1 saturated carbocycles. The minimum Gasteiger partial charge on any atom is -0.313 e. The van der Waals surface area contributed by atoms with Crippen LogP contribution in [0.4, 0.5) is 0 Å². The molecule has 108 valence electrons. The minimum absolute atomic E-state index is 0.578. The molecule has 1 N–H and O–H groups in total. The van der Waals surface area contributed by atoms with E-state index >= 15 is 0 Å². The van der Waals surface area contributed by atoms with E-state index in [1.807, 2.05) is 11.3 Å². The Kier molecular flexibility index (Phi) is 5.47. The summed E-state index contributed by atoms with van der Waals surface area (Å²) in [7, 11) is 0. The molecule has 0 aromatic carbocycles. The van der Waals surface area contributed by atoms with Gasteiger partial charge in [-0.05, 0) is 78.8 Å². The van der Waals surface area contributed by atoms with Gasteiger partial charge in [-0.15, -0.1) is 0 Å². The van der Waals surface area contributed by atoms with Crippen molar-refractivity contribution in [1.29, 1.82) is 0 Å². The van der Waals surface area contributed by atoms with Crippen LogP contribution in [-0.2, 0) is 6.42 Å². The van der Waals surface area contributed by atoms with Crippen LogP contribution in [-0.4, -0.2) is 12.6 Å². The van der Waals surface area contributed by atoms with Gasteiger partial charge in [0.05, 0.1) is 0 Å². The lowest BCUT2D eigenvalue weighted by atomic mass is 9.70. The van der Waals surface area contributed by atoms with Crippen LogP contribution in [0.3, 0.4) is 0 Å². The number of hydrogen-bond acceptors (Lipinski definition) is 2. The molecule has 0 bridgehead atoms. The Balaban J connectivity index is 1.93. The van der Waals surface area contributed by atoms with Crippen molar-refractivity contribution in [3.63, 3.8) is 0 Å². The van der Waals surface area contributed by atoms with E-state index in [4.69, 9.17) is 0 Å². The molecule has 1 aromatic heterocycles. The third kappa shape index (κ3) is 4.61. The van der Waals surface area contributed by atoms with E-state index in [-0.39, 0.29) is 0 Å². The van der Waals surface area contributed by atoms with Gasteiger partial charge in [0.1, 0.15) is 0 Å². The molecule has 0 spiro atoms. The van der Waals surface area contributed by atoms with Crippen LogP contribution >= 0.6 is 11.3 Å². The summed E-state index contributed by atoms with van der Waals surface area (Å²) in [5, 5.41) is 8.33. The molecule has 2 heteroatoms. The molecule has 0 aliphatic heterocycles. The van der Waals surface area contributed by atoms with E-state index in [0.29, 0.717) is 11.5 Å². The normalized spacial score (nSPS) is 21.4. The molecule has 19 heavy (non-hydrogen) atoms. The van der Waals surface area contributed by atoms with Crippen LogP contribution in [0.2, 0.25) is 0 Å². The van der Waals surface area contributed by atoms with Crippen LogP contribution in [0, 0.1) is 11.3 Å². The lowest BCUT2D eigenvalue weighted by Gasteiger charge is -2.38.